The van der Waals surface area contributed by atoms with Crippen molar-refractivity contribution in [2.75, 3.05) is 0 Å². The van der Waals surface area contributed by atoms with Gasteiger partial charge in [0.2, 0.25) is 0 Å². The Labute approximate surface area is 353 Å². The van der Waals surface area contributed by atoms with Gasteiger partial charge >= 0.3 is 99.2 Å². The van der Waals surface area contributed by atoms with Gasteiger partial charge in [-0.15, -0.1) is 39.7 Å². The van der Waals surface area contributed by atoms with Gasteiger partial charge in [0.1, 0.15) is 0 Å². The summed E-state index contributed by atoms with van der Waals surface area (Å²) in [7, 11) is 0. The van der Waals surface area contributed by atoms with Crippen LogP contribution in [0.1, 0.15) is 122 Å². The van der Waals surface area contributed by atoms with E-state index in [2.05, 4.69) is 191 Å². The molecule has 3 heteroatoms. The third-order valence-electron chi connectivity index (χ3n) is 11.2. The molecule has 3 aliphatic rings. The van der Waals surface area contributed by atoms with Crippen LogP contribution in [0.15, 0.2) is 120 Å². The van der Waals surface area contributed by atoms with E-state index in [1.807, 2.05) is 0 Å². The number of rotatable bonds is 4. The first kappa shape index (κ1) is 43.8. The van der Waals surface area contributed by atoms with E-state index >= 15 is 0 Å². The van der Waals surface area contributed by atoms with Crippen LogP contribution in [0.4, 0.5) is 0 Å². The molecule has 0 nitrogen and oxygen atoms in total. The summed E-state index contributed by atoms with van der Waals surface area (Å²) in [5, 5.41) is 5.57. The van der Waals surface area contributed by atoms with E-state index in [-0.39, 0.29) is 35.6 Å². The van der Waals surface area contributed by atoms with Crippen molar-refractivity contribution in [3.05, 3.63) is 160 Å². The third-order valence-corrected chi connectivity index (χ3v) is 12.6. The second kappa shape index (κ2) is 17.0. The van der Waals surface area contributed by atoms with Gasteiger partial charge < -0.3 is 24.8 Å². The maximum atomic E-state index is 3.57. The number of fused-ring (bicyclic) bond motifs is 5. The molecule has 0 spiro atoms. The molecule has 0 amide bonds. The van der Waals surface area contributed by atoms with Crippen molar-refractivity contribution >= 4 is 35.9 Å². The monoisotopic (exact) mass is 828 g/mol. The summed E-state index contributed by atoms with van der Waals surface area (Å²) in [5.74, 6) is 0.573. The average molecular weight is 831 g/mol. The molecule has 0 aliphatic heterocycles. The van der Waals surface area contributed by atoms with Gasteiger partial charge in [-0.25, -0.2) is 5.57 Å². The Morgan fingerprint density at radius 2 is 1.13 bits per heavy atom. The van der Waals surface area contributed by atoms with Crippen molar-refractivity contribution in [1.82, 2.24) is 0 Å². The molecule has 0 fully saturated rings. The van der Waals surface area contributed by atoms with E-state index < -0.39 is 0 Å². The summed E-state index contributed by atoms with van der Waals surface area (Å²) in [6.45, 7) is 25.1. The average Bonchev–Trinajstić information content (AvgIpc) is 3.83. The summed E-state index contributed by atoms with van der Waals surface area (Å²) in [4.78, 5) is 0. The van der Waals surface area contributed by atoms with Crippen molar-refractivity contribution in [3.8, 4) is 0 Å². The predicted molar refractivity (Wildman–Crippen MR) is 225 cm³/mol. The summed E-state index contributed by atoms with van der Waals surface area (Å²) in [6.07, 6.45) is 13.1. The Hall–Kier alpha value is -2.96. The quantitative estimate of drug-likeness (QED) is 0.161. The molecule has 0 N–H and O–H groups in total. The van der Waals surface area contributed by atoms with Gasteiger partial charge in [0.25, 0.3) is 0 Å². The molecule has 0 bridgehead atoms. The molecule has 1 unspecified atom stereocenters. The van der Waals surface area contributed by atoms with Crippen LogP contribution >= 0.6 is 0 Å². The molecule has 280 valence electrons. The van der Waals surface area contributed by atoms with Crippen molar-refractivity contribution < 1.29 is 49.0 Å². The van der Waals surface area contributed by atoms with E-state index in [4.69, 9.17) is 0 Å². The molecule has 0 saturated carbocycles. The topological polar surface area (TPSA) is 0 Å². The predicted octanol–water partition coefficient (Wildman–Crippen LogP) is 8.05. The summed E-state index contributed by atoms with van der Waals surface area (Å²) in [6, 6.07) is 33.2. The van der Waals surface area contributed by atoms with Gasteiger partial charge in [0.05, 0.1) is 0 Å². The minimum atomic E-state index is 0. The van der Waals surface area contributed by atoms with Crippen molar-refractivity contribution in [3.63, 3.8) is 0 Å². The van der Waals surface area contributed by atoms with Gasteiger partial charge in [-0.05, 0) is 36.1 Å². The summed E-state index contributed by atoms with van der Waals surface area (Å²) < 4.78 is 1.42. The van der Waals surface area contributed by atoms with Crippen molar-refractivity contribution in [2.45, 2.75) is 99.8 Å². The van der Waals surface area contributed by atoms with Crippen LogP contribution in [0.25, 0.3) is 32.7 Å². The SMILES string of the molecule is CC1=CC(C)(C)c2cc3[cH-]c4cc5c(cc4c3cc21)C(C)=CC5(C)C.CCC1=[C-]C(CC)C=C1C(C)(C)C.[Cl-].[Cl-].[Zr+2]=[C](c1ccccc1)c1ccccc1. The zero-order chi connectivity index (χ0) is 37.6. The Balaban J connectivity index is 0.000000193. The van der Waals surface area contributed by atoms with Gasteiger partial charge in [-0.2, -0.15) is 11.6 Å². The number of hydrogen-bond donors (Lipinski definition) is 0. The van der Waals surface area contributed by atoms with E-state index in [0.717, 1.165) is 6.42 Å². The Bertz CT molecular complexity index is 2130. The fraction of sp³-hybridized carbons (Fsp3) is 0.333. The standard InChI is InChI=1S/C25H25.C13H10.C13H21.2ClH.Zr/c1-14-12-24(3,4)22-8-16-7-17-9-23-19(15(2)13-25(23,5)6)11-21(17)20(16)10-18(14)22;1-3-7-12(8-4-1)11-13-9-5-2-6-10-13;1-6-10-8-11(7-2)12(9-10)13(3,4)5;;;/h7-13H,1-6H3;1-10H;9-10H,6-7H2,1-5H3;2*1H;/q-1;;-1;;;+2/p-2. The second-order valence-corrected chi connectivity index (χ2v) is 18.4. The van der Waals surface area contributed by atoms with Gasteiger partial charge in [0, 0.05) is 10.8 Å². The fourth-order valence-electron chi connectivity index (χ4n) is 8.45. The van der Waals surface area contributed by atoms with Crippen LogP contribution in [0, 0.1) is 17.4 Å². The molecule has 5 aromatic rings. The van der Waals surface area contributed by atoms with Gasteiger partial charge in [-0.1, -0.05) is 122 Å². The maximum absolute atomic E-state index is 3.57. The number of benzene rings is 4. The van der Waals surface area contributed by atoms with E-state index in [9.17, 15) is 0 Å². The molecule has 1 atom stereocenters. The number of allylic oxidation sites excluding steroid dienone is 8. The summed E-state index contributed by atoms with van der Waals surface area (Å²) in [5.41, 5.74) is 14.8. The van der Waals surface area contributed by atoms with Crippen LogP contribution in [0.3, 0.4) is 0 Å². The normalized spacial score (nSPS) is 17.3. The Morgan fingerprint density at radius 3 is 1.48 bits per heavy atom. The molecule has 0 saturated heterocycles. The van der Waals surface area contributed by atoms with Crippen LogP contribution in [-0.4, -0.2) is 3.21 Å². The minimum absolute atomic E-state index is 0. The molecule has 8 rings (SSSR count). The molecule has 0 aromatic heterocycles. The zero-order valence-corrected chi connectivity index (χ0v) is 38.1. The van der Waals surface area contributed by atoms with E-state index in [0.29, 0.717) is 11.3 Å². The molecule has 0 radical (unpaired) electrons. The number of hydrogen-bond acceptors (Lipinski definition) is 0. The molecule has 3 aliphatic carbocycles. The van der Waals surface area contributed by atoms with Crippen LogP contribution < -0.4 is 24.8 Å². The first-order chi connectivity index (χ1) is 24.5. The van der Waals surface area contributed by atoms with E-state index in [1.165, 1.54) is 111 Å². The molecule has 54 heavy (non-hydrogen) atoms. The van der Waals surface area contributed by atoms with Crippen molar-refractivity contribution in [2.24, 2.45) is 11.3 Å². The first-order valence-corrected chi connectivity index (χ1v) is 20.4. The van der Waals surface area contributed by atoms with Gasteiger partial charge in [-0.3, -0.25) is 6.08 Å². The van der Waals surface area contributed by atoms with Crippen molar-refractivity contribution in [1.29, 1.82) is 0 Å². The third kappa shape index (κ3) is 8.86. The van der Waals surface area contributed by atoms with Crippen LogP contribution in [0.2, 0.25) is 0 Å². The molecular weight excluding hydrogens is 775 g/mol. The molecule has 5 aromatic carbocycles. The Morgan fingerprint density at radius 1 is 0.704 bits per heavy atom. The van der Waals surface area contributed by atoms with Crippen LogP contribution in [0.5, 0.6) is 0 Å². The first-order valence-electron chi connectivity index (χ1n) is 19.2. The Kier molecular flexibility index (Phi) is 13.8. The summed E-state index contributed by atoms with van der Waals surface area (Å²) >= 11 is 1.46. The molecular formula is C51H56Cl2Zr-2. The molecule has 0 heterocycles. The van der Waals surface area contributed by atoms with Crippen LogP contribution in [-0.2, 0) is 35.1 Å². The van der Waals surface area contributed by atoms with E-state index in [1.54, 1.807) is 0 Å². The number of halogens is 2. The zero-order valence-electron chi connectivity index (χ0n) is 34.1. The second-order valence-electron chi connectivity index (χ2n) is 17.1. The fourth-order valence-corrected chi connectivity index (χ4v) is 9.27. The van der Waals surface area contributed by atoms with Gasteiger partial charge in [0.15, 0.2) is 0 Å².